The van der Waals surface area contributed by atoms with Crippen LogP contribution in [0.5, 0.6) is 6.01 Å². The molecule has 0 bridgehead atoms. The van der Waals surface area contributed by atoms with Gasteiger partial charge in [0.1, 0.15) is 30.6 Å². The summed E-state index contributed by atoms with van der Waals surface area (Å²) in [4.78, 5) is 25.8. The summed E-state index contributed by atoms with van der Waals surface area (Å²) >= 11 is 0. The number of aliphatic hydroxyl groups is 1. The maximum atomic E-state index is 12.2. The third kappa shape index (κ3) is 3.45. The number of rotatable bonds is 5. The van der Waals surface area contributed by atoms with Gasteiger partial charge in [0.2, 0.25) is 6.23 Å². The van der Waals surface area contributed by atoms with E-state index in [1.54, 1.807) is 13.8 Å². The molecule has 0 radical (unpaired) electrons. The first-order chi connectivity index (χ1) is 12.3. The first-order valence-corrected chi connectivity index (χ1v) is 8.22. The van der Waals surface area contributed by atoms with Gasteiger partial charge in [0, 0.05) is 6.92 Å². The molecule has 1 aromatic rings. The maximum Gasteiger partial charge on any atom is 0.458 e. The predicted molar refractivity (Wildman–Crippen MR) is 84.1 cm³/mol. The number of aromatic nitrogens is 2. The normalized spacial score (nSPS) is 29.4. The van der Waals surface area contributed by atoms with Crippen LogP contribution in [0.4, 0.5) is 0 Å². The van der Waals surface area contributed by atoms with E-state index in [0.717, 1.165) is 0 Å². The summed E-state index contributed by atoms with van der Waals surface area (Å²) in [6.45, 7) is 4.37. The van der Waals surface area contributed by atoms with Gasteiger partial charge in [-0.1, -0.05) is 0 Å². The summed E-state index contributed by atoms with van der Waals surface area (Å²) in [6, 6.07) is 0.136. The Hall–Kier alpha value is -2.01. The van der Waals surface area contributed by atoms with E-state index in [4.69, 9.17) is 23.7 Å². The zero-order chi connectivity index (χ0) is 19.1. The average molecular weight is 371 g/mol. The Morgan fingerprint density at radius 3 is 2.69 bits per heavy atom. The molecule has 26 heavy (non-hydrogen) atoms. The van der Waals surface area contributed by atoms with Crippen LogP contribution in [0.15, 0.2) is 11.0 Å². The third-order valence-electron chi connectivity index (χ3n) is 4.25. The highest BCUT2D eigenvalue weighted by Crippen LogP contribution is 2.41. The summed E-state index contributed by atoms with van der Waals surface area (Å²) < 4.78 is 29.3. The van der Waals surface area contributed by atoms with Crippen LogP contribution in [0.25, 0.3) is 0 Å². The largest absolute Gasteiger partial charge is 0.461 e. The zero-order valence-corrected chi connectivity index (χ0v) is 15.1. The average Bonchev–Trinajstić information content (AvgIpc) is 3.06. The highest BCUT2D eigenvalue weighted by Gasteiger charge is 2.58. The highest BCUT2D eigenvalue weighted by atomic mass is 16.8. The predicted octanol–water partition coefficient (Wildman–Crippen LogP) is -0.856. The minimum Gasteiger partial charge on any atom is -0.461 e. The van der Waals surface area contributed by atoms with Crippen LogP contribution in [-0.2, 0) is 30.3 Å². The number of methoxy groups -OCH3 is 1. The summed E-state index contributed by atoms with van der Waals surface area (Å²) in [5, 5.41) is 9.60. The molecule has 2 aliphatic heterocycles. The number of aromatic amines is 1. The second kappa shape index (κ2) is 6.95. The molecule has 2 saturated heterocycles. The van der Waals surface area contributed by atoms with Crippen molar-refractivity contribution in [3.05, 3.63) is 22.1 Å². The Bertz CT molecular complexity index is 746. The molecule has 4 atom stereocenters. The van der Waals surface area contributed by atoms with Crippen molar-refractivity contribution in [3.63, 3.8) is 0 Å². The molecule has 0 spiro atoms. The smallest absolute Gasteiger partial charge is 0.458 e. The lowest BCUT2D eigenvalue weighted by Gasteiger charge is -2.23. The van der Waals surface area contributed by atoms with Crippen molar-refractivity contribution in [2.45, 2.75) is 57.7 Å². The molecule has 10 nitrogen and oxygen atoms in total. The van der Waals surface area contributed by atoms with Crippen molar-refractivity contribution in [3.8, 4) is 6.01 Å². The van der Waals surface area contributed by atoms with Crippen molar-refractivity contribution >= 4 is 5.97 Å². The molecular formula is C16H23N2O8+. The van der Waals surface area contributed by atoms with Crippen molar-refractivity contribution in [2.75, 3.05) is 13.7 Å². The van der Waals surface area contributed by atoms with Gasteiger partial charge in [-0.05, 0) is 13.8 Å². The van der Waals surface area contributed by atoms with E-state index in [2.05, 4.69) is 4.98 Å². The minimum atomic E-state index is -0.832. The molecule has 0 aromatic carbocycles. The quantitative estimate of drug-likeness (QED) is 0.507. The number of hydrogen-bond donors (Lipinski definition) is 2. The number of nitrogens with zero attached hydrogens (tertiary/aromatic N) is 1. The van der Waals surface area contributed by atoms with Gasteiger partial charge in [-0.2, -0.15) is 9.55 Å². The zero-order valence-electron chi connectivity index (χ0n) is 15.1. The van der Waals surface area contributed by atoms with E-state index in [0.29, 0.717) is 0 Å². The van der Waals surface area contributed by atoms with Crippen molar-refractivity contribution in [1.29, 1.82) is 0 Å². The Morgan fingerprint density at radius 2 is 2.08 bits per heavy atom. The Labute approximate surface area is 149 Å². The van der Waals surface area contributed by atoms with Crippen molar-refractivity contribution < 1.29 is 38.2 Å². The maximum absolute atomic E-state index is 12.2. The summed E-state index contributed by atoms with van der Waals surface area (Å²) in [5.74, 6) is -1.33. The van der Waals surface area contributed by atoms with Crippen LogP contribution < -0.4 is 14.9 Å². The van der Waals surface area contributed by atoms with E-state index < -0.39 is 41.9 Å². The molecular weight excluding hydrogens is 348 g/mol. The molecule has 2 fully saturated rings. The monoisotopic (exact) mass is 371 g/mol. The minimum absolute atomic E-state index is 0.136. The van der Waals surface area contributed by atoms with Crippen molar-refractivity contribution in [2.24, 2.45) is 0 Å². The molecule has 2 aliphatic rings. The van der Waals surface area contributed by atoms with Gasteiger partial charge in [-0.15, -0.1) is 0 Å². The number of ether oxygens (including phenoxy) is 5. The van der Waals surface area contributed by atoms with E-state index in [1.807, 2.05) is 0 Å². The molecule has 0 aliphatic carbocycles. The van der Waals surface area contributed by atoms with Crippen LogP contribution in [0, 0.1) is 0 Å². The topological polar surface area (TPSA) is 120 Å². The van der Waals surface area contributed by atoms with Crippen LogP contribution in [0.1, 0.15) is 32.6 Å². The van der Waals surface area contributed by atoms with Gasteiger partial charge < -0.3 is 28.8 Å². The fraction of sp³-hybridized carbons (Fsp3) is 0.688. The first-order valence-electron chi connectivity index (χ1n) is 8.22. The van der Waals surface area contributed by atoms with Gasteiger partial charge >= 0.3 is 17.5 Å². The number of carbonyl (C=O) groups is 1. The SMILES string of the molecule is COc1[nH]c(=O)c(COC(C)=O)c[n+]1[C@@H]1O[C@H](CO)[C@H]2OC(C)(C)O[C@H]21. The second-order valence-corrected chi connectivity index (χ2v) is 6.62. The van der Waals surface area contributed by atoms with Crippen LogP contribution in [0.2, 0.25) is 0 Å². The van der Waals surface area contributed by atoms with Crippen LogP contribution in [-0.4, -0.2) is 53.9 Å². The molecule has 0 unspecified atom stereocenters. The standard InChI is InChI=1S/C16H22N2O8/c1-8(20)23-7-9-5-18(15(22-4)17-13(9)21)14-12-11(10(6-19)24-14)25-16(2,3)26-12/h5,10-12,14,19H,6-7H2,1-4H3/p+1/t10-,11-,12-,14-/m1/s1. The lowest BCUT2D eigenvalue weighted by Crippen LogP contribution is -2.49. The van der Waals surface area contributed by atoms with E-state index >= 15 is 0 Å². The highest BCUT2D eigenvalue weighted by molar-refractivity contribution is 5.65. The Balaban J connectivity index is 1.97. The summed E-state index contributed by atoms with van der Waals surface area (Å²) in [5.41, 5.74) is -0.233. The molecule has 144 valence electrons. The van der Waals surface area contributed by atoms with E-state index in [-0.39, 0.29) is 24.8 Å². The molecule has 10 heteroatoms. The third-order valence-corrected chi connectivity index (χ3v) is 4.25. The number of nitrogens with one attached hydrogen (secondary N) is 1. The van der Waals surface area contributed by atoms with Gasteiger partial charge in [0.15, 0.2) is 11.9 Å². The lowest BCUT2D eigenvalue weighted by molar-refractivity contribution is -0.772. The number of carbonyl (C=O) groups excluding carboxylic acids is 1. The molecule has 1 aromatic heterocycles. The van der Waals surface area contributed by atoms with Gasteiger partial charge in [0.25, 0.3) is 0 Å². The second-order valence-electron chi connectivity index (χ2n) is 6.62. The van der Waals surface area contributed by atoms with Crippen molar-refractivity contribution in [1.82, 2.24) is 4.98 Å². The van der Waals surface area contributed by atoms with Crippen LogP contribution >= 0.6 is 0 Å². The molecule has 2 N–H and O–H groups in total. The van der Waals surface area contributed by atoms with E-state index in [9.17, 15) is 14.7 Å². The summed E-state index contributed by atoms with van der Waals surface area (Å²) in [7, 11) is 1.40. The molecule has 0 saturated carbocycles. The first kappa shape index (κ1) is 18.8. The van der Waals surface area contributed by atoms with Gasteiger partial charge in [0.05, 0.1) is 13.7 Å². The van der Waals surface area contributed by atoms with Gasteiger partial charge in [-0.3, -0.25) is 4.79 Å². The van der Waals surface area contributed by atoms with Gasteiger partial charge in [-0.25, -0.2) is 4.79 Å². The fourth-order valence-corrected chi connectivity index (χ4v) is 3.18. The lowest BCUT2D eigenvalue weighted by atomic mass is 10.1. The Morgan fingerprint density at radius 1 is 1.38 bits per heavy atom. The van der Waals surface area contributed by atoms with Crippen LogP contribution in [0.3, 0.4) is 0 Å². The number of H-pyrrole nitrogens is 1. The number of fused-ring (bicyclic) bond motifs is 1. The molecule has 3 rings (SSSR count). The number of esters is 1. The molecule has 0 amide bonds. The van der Waals surface area contributed by atoms with E-state index in [1.165, 1.54) is 24.8 Å². The Kier molecular flexibility index (Phi) is 5.02. The number of hydrogen-bond acceptors (Lipinski definition) is 8. The summed E-state index contributed by atoms with van der Waals surface area (Å²) in [6.07, 6.45) is -0.805. The molecule has 3 heterocycles. The fourth-order valence-electron chi connectivity index (χ4n) is 3.18. The number of aliphatic hydroxyl groups excluding tert-OH is 1.